The van der Waals surface area contributed by atoms with Gasteiger partial charge in [-0.3, -0.25) is 4.79 Å². The van der Waals surface area contributed by atoms with Gasteiger partial charge in [-0.25, -0.2) is 4.98 Å². The Kier molecular flexibility index (Phi) is 6.77. The number of halogens is 3. The van der Waals surface area contributed by atoms with Crippen molar-refractivity contribution in [3.8, 4) is 6.01 Å². The van der Waals surface area contributed by atoms with Crippen LogP contribution in [0.2, 0.25) is 0 Å². The second kappa shape index (κ2) is 9.27. The number of hydrogen-bond acceptors (Lipinski definition) is 5. The van der Waals surface area contributed by atoms with E-state index in [4.69, 9.17) is 4.74 Å². The maximum absolute atomic E-state index is 12.8. The van der Waals surface area contributed by atoms with Gasteiger partial charge in [0.25, 0.3) is 0 Å². The van der Waals surface area contributed by atoms with Gasteiger partial charge in [-0.05, 0) is 31.0 Å². The summed E-state index contributed by atoms with van der Waals surface area (Å²) < 4.78 is 43.8. The average Bonchev–Trinajstić information content (AvgIpc) is 2.68. The molecule has 1 fully saturated rings. The van der Waals surface area contributed by atoms with Gasteiger partial charge in [0, 0.05) is 29.8 Å². The number of amides is 1. The number of piperidine rings is 1. The van der Waals surface area contributed by atoms with Crippen LogP contribution in [-0.2, 0) is 11.0 Å². The lowest BCUT2D eigenvalue weighted by Crippen LogP contribution is -2.44. The highest BCUT2D eigenvalue weighted by Crippen LogP contribution is 2.28. The highest BCUT2D eigenvalue weighted by molar-refractivity contribution is 7.99. The standard InChI is InChI=1S/C19H20F3N3O2S/c20-19(21,22)16-8-10-23-18(24-16)27-14-5-4-11-25(13-14)17(26)9-12-28-15-6-2-1-3-7-15/h1-3,6-8,10,14H,4-5,9,11-13H2. The molecule has 0 radical (unpaired) electrons. The Hall–Kier alpha value is -2.29. The number of thioether (sulfide) groups is 1. The topological polar surface area (TPSA) is 55.3 Å². The van der Waals surface area contributed by atoms with Gasteiger partial charge in [-0.15, -0.1) is 11.8 Å². The number of ether oxygens (including phenoxy) is 1. The van der Waals surface area contributed by atoms with E-state index in [0.717, 1.165) is 23.6 Å². The minimum absolute atomic E-state index is 0.0155. The molecular weight excluding hydrogens is 391 g/mol. The van der Waals surface area contributed by atoms with E-state index in [0.29, 0.717) is 31.7 Å². The van der Waals surface area contributed by atoms with E-state index in [1.54, 1.807) is 16.7 Å². The molecule has 1 aromatic carbocycles. The monoisotopic (exact) mass is 411 g/mol. The average molecular weight is 411 g/mol. The quantitative estimate of drug-likeness (QED) is 0.672. The second-order valence-corrected chi connectivity index (χ2v) is 7.52. The normalized spacial score (nSPS) is 17.4. The Bertz CT molecular complexity index is 789. The van der Waals surface area contributed by atoms with E-state index >= 15 is 0 Å². The number of aromatic nitrogens is 2. The summed E-state index contributed by atoms with van der Waals surface area (Å²) in [6.07, 6.45) is -2.18. The predicted molar refractivity (Wildman–Crippen MR) is 99.0 cm³/mol. The van der Waals surface area contributed by atoms with E-state index in [1.807, 2.05) is 30.3 Å². The Morgan fingerprint density at radius 1 is 1.25 bits per heavy atom. The zero-order chi connectivity index (χ0) is 20.0. The lowest BCUT2D eigenvalue weighted by molar-refractivity contribution is -0.141. The molecule has 1 aliphatic rings. The number of rotatable bonds is 6. The molecule has 2 aromatic rings. The molecule has 1 saturated heterocycles. The molecule has 9 heteroatoms. The number of nitrogens with zero attached hydrogens (tertiary/aromatic N) is 3. The summed E-state index contributed by atoms with van der Waals surface area (Å²) >= 11 is 1.61. The van der Waals surface area contributed by atoms with Crippen LogP contribution >= 0.6 is 11.8 Å². The highest BCUT2D eigenvalue weighted by Gasteiger charge is 2.33. The Morgan fingerprint density at radius 3 is 2.79 bits per heavy atom. The molecule has 1 amide bonds. The fourth-order valence-corrected chi connectivity index (χ4v) is 3.76. The van der Waals surface area contributed by atoms with Crippen LogP contribution in [0, 0.1) is 0 Å². The molecule has 3 rings (SSSR count). The largest absolute Gasteiger partial charge is 0.458 e. The Morgan fingerprint density at radius 2 is 2.04 bits per heavy atom. The van der Waals surface area contributed by atoms with Crippen LogP contribution in [0.4, 0.5) is 13.2 Å². The fraction of sp³-hybridized carbons (Fsp3) is 0.421. The van der Waals surface area contributed by atoms with E-state index in [2.05, 4.69) is 9.97 Å². The van der Waals surface area contributed by atoms with Crippen molar-refractivity contribution < 1.29 is 22.7 Å². The van der Waals surface area contributed by atoms with Crippen LogP contribution < -0.4 is 4.74 Å². The molecule has 0 aliphatic carbocycles. The molecular formula is C19H20F3N3O2S. The number of carbonyl (C=O) groups excluding carboxylic acids is 1. The summed E-state index contributed by atoms with van der Waals surface area (Å²) in [5.74, 6) is 0.684. The number of alkyl halides is 3. The number of likely N-dealkylation sites (tertiary alicyclic amines) is 1. The molecule has 1 aromatic heterocycles. The zero-order valence-electron chi connectivity index (χ0n) is 15.1. The summed E-state index contributed by atoms with van der Waals surface area (Å²) in [6, 6.07) is 10.3. The van der Waals surface area contributed by atoms with Crippen molar-refractivity contribution in [1.82, 2.24) is 14.9 Å². The predicted octanol–water partition coefficient (Wildman–Crippen LogP) is 4.05. The van der Waals surface area contributed by atoms with E-state index in [9.17, 15) is 18.0 Å². The zero-order valence-corrected chi connectivity index (χ0v) is 15.9. The summed E-state index contributed by atoms with van der Waals surface area (Å²) in [5.41, 5.74) is -1.04. The molecule has 28 heavy (non-hydrogen) atoms. The molecule has 1 unspecified atom stereocenters. The van der Waals surface area contributed by atoms with Gasteiger partial charge in [0.2, 0.25) is 5.91 Å². The lowest BCUT2D eigenvalue weighted by atomic mass is 10.1. The Labute approximate surface area is 165 Å². The first kappa shape index (κ1) is 20.4. The molecule has 150 valence electrons. The van der Waals surface area contributed by atoms with Crippen LogP contribution in [0.25, 0.3) is 0 Å². The maximum atomic E-state index is 12.8. The molecule has 0 spiro atoms. The lowest BCUT2D eigenvalue weighted by Gasteiger charge is -2.32. The minimum Gasteiger partial charge on any atom is -0.458 e. The second-order valence-electron chi connectivity index (χ2n) is 6.36. The van der Waals surface area contributed by atoms with Crippen LogP contribution in [0.3, 0.4) is 0 Å². The van der Waals surface area contributed by atoms with Gasteiger partial charge in [0.1, 0.15) is 6.10 Å². The molecule has 5 nitrogen and oxygen atoms in total. The molecule has 0 bridgehead atoms. The minimum atomic E-state index is -4.55. The molecule has 0 saturated carbocycles. The van der Waals surface area contributed by atoms with Gasteiger partial charge in [-0.2, -0.15) is 18.2 Å². The van der Waals surface area contributed by atoms with Crippen molar-refractivity contribution in [3.63, 3.8) is 0 Å². The van der Waals surface area contributed by atoms with Crippen molar-refractivity contribution in [1.29, 1.82) is 0 Å². The summed E-state index contributed by atoms with van der Waals surface area (Å²) in [6.45, 7) is 0.951. The highest BCUT2D eigenvalue weighted by atomic mass is 32.2. The van der Waals surface area contributed by atoms with Crippen LogP contribution in [-0.4, -0.2) is 45.7 Å². The number of benzene rings is 1. The third-order valence-electron chi connectivity index (χ3n) is 4.25. The van der Waals surface area contributed by atoms with Crippen molar-refractivity contribution >= 4 is 17.7 Å². The van der Waals surface area contributed by atoms with Crippen molar-refractivity contribution in [2.45, 2.75) is 36.4 Å². The summed E-state index contributed by atoms with van der Waals surface area (Å²) in [4.78, 5) is 22.4. The fourth-order valence-electron chi connectivity index (χ4n) is 2.90. The number of carbonyl (C=O) groups is 1. The third kappa shape index (κ3) is 5.85. The van der Waals surface area contributed by atoms with Crippen LogP contribution in [0.1, 0.15) is 25.0 Å². The van der Waals surface area contributed by atoms with E-state index in [1.165, 1.54) is 0 Å². The molecule has 2 heterocycles. The van der Waals surface area contributed by atoms with Gasteiger partial charge in [0.15, 0.2) is 5.69 Å². The SMILES string of the molecule is O=C(CCSc1ccccc1)N1CCCC(Oc2nccc(C(F)(F)F)n2)C1. The van der Waals surface area contributed by atoms with Crippen molar-refractivity contribution in [3.05, 3.63) is 48.3 Å². The van der Waals surface area contributed by atoms with Gasteiger partial charge < -0.3 is 9.64 Å². The molecule has 1 atom stereocenters. The van der Waals surface area contributed by atoms with Crippen LogP contribution in [0.15, 0.2) is 47.5 Å². The summed E-state index contributed by atoms with van der Waals surface area (Å²) in [5, 5.41) is 0. The Balaban J connectivity index is 1.50. The molecule has 0 N–H and O–H groups in total. The third-order valence-corrected chi connectivity index (χ3v) is 5.27. The van der Waals surface area contributed by atoms with E-state index < -0.39 is 18.0 Å². The van der Waals surface area contributed by atoms with Crippen LogP contribution in [0.5, 0.6) is 6.01 Å². The van der Waals surface area contributed by atoms with Gasteiger partial charge in [0.05, 0.1) is 6.54 Å². The smallest absolute Gasteiger partial charge is 0.433 e. The van der Waals surface area contributed by atoms with Gasteiger partial charge in [-0.1, -0.05) is 18.2 Å². The van der Waals surface area contributed by atoms with E-state index in [-0.39, 0.29) is 11.9 Å². The molecule has 1 aliphatic heterocycles. The maximum Gasteiger partial charge on any atom is 0.433 e. The first-order valence-electron chi connectivity index (χ1n) is 8.94. The first-order valence-corrected chi connectivity index (χ1v) is 9.93. The number of hydrogen-bond donors (Lipinski definition) is 0. The summed E-state index contributed by atoms with van der Waals surface area (Å²) in [7, 11) is 0. The van der Waals surface area contributed by atoms with Crippen molar-refractivity contribution in [2.24, 2.45) is 0 Å². The van der Waals surface area contributed by atoms with Gasteiger partial charge >= 0.3 is 12.2 Å². The first-order chi connectivity index (χ1) is 13.4. The van der Waals surface area contributed by atoms with Crippen molar-refractivity contribution in [2.75, 3.05) is 18.8 Å².